The molecule has 0 spiro atoms. The Labute approximate surface area is 147 Å². The number of aryl methyl sites for hydroxylation is 2. The molecular weight excluding hydrogens is 320 g/mol. The largest absolute Gasteiger partial charge is 0.489 e. The molecule has 0 radical (unpaired) electrons. The molecule has 0 saturated carbocycles. The first-order valence-electron chi connectivity index (χ1n) is 8.53. The Bertz CT molecular complexity index is 736. The van der Waals surface area contributed by atoms with Gasteiger partial charge in [0.25, 0.3) is 5.91 Å². The highest BCUT2D eigenvalue weighted by Gasteiger charge is 2.28. The number of aromatic nitrogens is 1. The van der Waals surface area contributed by atoms with E-state index < -0.39 is 0 Å². The summed E-state index contributed by atoms with van der Waals surface area (Å²) < 4.78 is 16.6. The van der Waals surface area contributed by atoms with E-state index in [0.29, 0.717) is 31.1 Å². The van der Waals surface area contributed by atoms with Crippen LogP contribution >= 0.6 is 0 Å². The first kappa shape index (κ1) is 17.5. The van der Waals surface area contributed by atoms with Gasteiger partial charge in [0.2, 0.25) is 0 Å². The molecule has 1 aromatic carbocycles. The summed E-state index contributed by atoms with van der Waals surface area (Å²) in [6, 6.07) is 7.35. The molecule has 0 aliphatic carbocycles. The summed E-state index contributed by atoms with van der Waals surface area (Å²) in [6.45, 7) is 9.26. The van der Waals surface area contributed by atoms with Crippen LogP contribution < -0.4 is 4.74 Å². The Balaban J connectivity index is 1.71. The number of morpholine rings is 1. The fourth-order valence-electron chi connectivity index (χ4n) is 2.93. The third kappa shape index (κ3) is 3.85. The van der Waals surface area contributed by atoms with Crippen LogP contribution in [-0.4, -0.2) is 41.3 Å². The molecule has 0 unspecified atom stereocenters. The molecule has 1 aromatic heterocycles. The highest BCUT2D eigenvalue weighted by molar-refractivity contribution is 5.94. The van der Waals surface area contributed by atoms with Gasteiger partial charge in [0.15, 0.2) is 0 Å². The second-order valence-corrected chi connectivity index (χ2v) is 6.57. The molecule has 2 heterocycles. The third-order valence-corrected chi connectivity index (χ3v) is 4.51. The molecule has 2 atom stereocenters. The van der Waals surface area contributed by atoms with E-state index in [1.54, 1.807) is 6.07 Å². The average molecular weight is 344 g/mol. The van der Waals surface area contributed by atoms with Crippen LogP contribution in [0, 0.1) is 13.8 Å². The van der Waals surface area contributed by atoms with Gasteiger partial charge in [-0.25, -0.2) is 0 Å². The average Bonchev–Trinajstić information content (AvgIpc) is 2.93. The van der Waals surface area contributed by atoms with Crippen LogP contribution in [0.3, 0.4) is 0 Å². The molecule has 1 fully saturated rings. The second-order valence-electron chi connectivity index (χ2n) is 6.57. The van der Waals surface area contributed by atoms with Crippen LogP contribution in [0.4, 0.5) is 0 Å². The predicted molar refractivity (Wildman–Crippen MR) is 92.7 cm³/mol. The minimum atomic E-state index is 0.00504. The zero-order chi connectivity index (χ0) is 18.0. The van der Waals surface area contributed by atoms with Crippen molar-refractivity contribution in [2.24, 2.45) is 0 Å². The Morgan fingerprint density at radius 1 is 1.36 bits per heavy atom. The van der Waals surface area contributed by atoms with Gasteiger partial charge in [0.1, 0.15) is 18.1 Å². The van der Waals surface area contributed by atoms with E-state index in [0.717, 1.165) is 17.0 Å². The lowest BCUT2D eigenvalue weighted by atomic mass is 10.1. The molecule has 6 nitrogen and oxygen atoms in total. The highest BCUT2D eigenvalue weighted by Crippen LogP contribution is 2.21. The summed E-state index contributed by atoms with van der Waals surface area (Å²) in [6.07, 6.45) is 0.0547. The molecule has 1 aliphatic heterocycles. The van der Waals surface area contributed by atoms with Crippen LogP contribution in [-0.2, 0) is 11.3 Å². The van der Waals surface area contributed by atoms with E-state index in [-0.39, 0.29) is 18.1 Å². The smallest absolute Gasteiger partial charge is 0.254 e. The van der Waals surface area contributed by atoms with E-state index in [9.17, 15) is 4.79 Å². The van der Waals surface area contributed by atoms with Crippen molar-refractivity contribution >= 4 is 5.91 Å². The lowest BCUT2D eigenvalue weighted by Crippen LogP contribution is -2.50. The van der Waals surface area contributed by atoms with Crippen molar-refractivity contribution in [1.82, 2.24) is 10.1 Å². The Hall–Kier alpha value is -2.34. The van der Waals surface area contributed by atoms with Gasteiger partial charge in [-0.05, 0) is 45.9 Å². The number of ether oxygens (including phenoxy) is 2. The van der Waals surface area contributed by atoms with E-state index in [2.05, 4.69) is 5.16 Å². The first-order valence-corrected chi connectivity index (χ1v) is 8.53. The maximum Gasteiger partial charge on any atom is 0.254 e. The van der Waals surface area contributed by atoms with Crippen molar-refractivity contribution in [3.05, 3.63) is 46.8 Å². The molecule has 0 bridgehead atoms. The van der Waals surface area contributed by atoms with Crippen molar-refractivity contribution in [2.45, 2.75) is 46.4 Å². The SMILES string of the molecule is Cc1noc(C)c1COc1cccc(C(=O)N2C[C@@H](C)OC[C@H]2C)c1. The van der Waals surface area contributed by atoms with Crippen LogP contribution in [0.1, 0.15) is 41.2 Å². The minimum absolute atomic E-state index is 0.00504. The maximum absolute atomic E-state index is 12.8. The number of nitrogens with zero attached hydrogens (tertiary/aromatic N) is 2. The van der Waals surface area contributed by atoms with Gasteiger partial charge >= 0.3 is 0 Å². The minimum Gasteiger partial charge on any atom is -0.489 e. The molecule has 1 aliphatic rings. The van der Waals surface area contributed by atoms with E-state index >= 15 is 0 Å². The number of hydrogen-bond acceptors (Lipinski definition) is 5. The molecule has 6 heteroatoms. The topological polar surface area (TPSA) is 64.8 Å². The molecular formula is C19H24N2O4. The number of carbonyl (C=O) groups is 1. The monoisotopic (exact) mass is 344 g/mol. The number of benzene rings is 1. The molecule has 0 N–H and O–H groups in total. The summed E-state index contributed by atoms with van der Waals surface area (Å²) in [5.41, 5.74) is 2.38. The number of hydrogen-bond donors (Lipinski definition) is 0. The Morgan fingerprint density at radius 2 is 2.16 bits per heavy atom. The molecule has 2 aromatic rings. The van der Waals surface area contributed by atoms with E-state index in [1.807, 2.05) is 50.8 Å². The molecule has 3 rings (SSSR count). The second kappa shape index (κ2) is 7.27. The van der Waals surface area contributed by atoms with Crippen molar-refractivity contribution in [3.63, 3.8) is 0 Å². The number of amides is 1. The maximum atomic E-state index is 12.8. The van der Waals surface area contributed by atoms with Crippen molar-refractivity contribution < 1.29 is 18.8 Å². The summed E-state index contributed by atoms with van der Waals surface area (Å²) >= 11 is 0. The fourth-order valence-corrected chi connectivity index (χ4v) is 2.93. The van der Waals surface area contributed by atoms with Gasteiger partial charge in [-0.15, -0.1) is 0 Å². The van der Waals surface area contributed by atoms with Crippen LogP contribution in [0.15, 0.2) is 28.8 Å². The molecule has 1 saturated heterocycles. The normalized spacial score (nSPS) is 20.6. The molecule has 134 valence electrons. The highest BCUT2D eigenvalue weighted by atomic mass is 16.5. The Morgan fingerprint density at radius 3 is 2.88 bits per heavy atom. The quantitative estimate of drug-likeness (QED) is 0.853. The standard InChI is InChI=1S/C19H24N2O4/c1-12-10-23-13(2)9-21(12)19(22)16-6-5-7-17(8-16)24-11-18-14(3)20-25-15(18)4/h5-8,12-13H,9-11H2,1-4H3/t12-,13-/m1/s1. The zero-order valence-electron chi connectivity index (χ0n) is 15.1. The third-order valence-electron chi connectivity index (χ3n) is 4.51. The van der Waals surface area contributed by atoms with Crippen molar-refractivity contribution in [3.8, 4) is 5.75 Å². The zero-order valence-corrected chi connectivity index (χ0v) is 15.1. The summed E-state index contributed by atoms with van der Waals surface area (Å²) in [5, 5.41) is 3.92. The Kier molecular flexibility index (Phi) is 5.08. The number of rotatable bonds is 4. The van der Waals surface area contributed by atoms with Gasteiger partial charge < -0.3 is 18.9 Å². The lowest BCUT2D eigenvalue weighted by molar-refractivity contribution is -0.0387. The van der Waals surface area contributed by atoms with E-state index in [4.69, 9.17) is 14.0 Å². The van der Waals surface area contributed by atoms with Crippen molar-refractivity contribution in [1.29, 1.82) is 0 Å². The van der Waals surface area contributed by atoms with Crippen molar-refractivity contribution in [2.75, 3.05) is 13.2 Å². The van der Waals surface area contributed by atoms with Gasteiger partial charge in [-0.2, -0.15) is 0 Å². The summed E-state index contributed by atoms with van der Waals surface area (Å²) in [4.78, 5) is 14.7. The van der Waals surface area contributed by atoms with Gasteiger partial charge in [0, 0.05) is 12.1 Å². The van der Waals surface area contributed by atoms with Gasteiger partial charge in [-0.1, -0.05) is 11.2 Å². The van der Waals surface area contributed by atoms with Gasteiger partial charge in [-0.3, -0.25) is 4.79 Å². The lowest BCUT2D eigenvalue weighted by Gasteiger charge is -2.36. The molecule has 25 heavy (non-hydrogen) atoms. The summed E-state index contributed by atoms with van der Waals surface area (Å²) in [5.74, 6) is 1.41. The van der Waals surface area contributed by atoms with Crippen LogP contribution in [0.2, 0.25) is 0 Å². The number of carbonyl (C=O) groups excluding carboxylic acids is 1. The fraction of sp³-hybridized carbons (Fsp3) is 0.474. The van der Waals surface area contributed by atoms with Crippen LogP contribution in [0.25, 0.3) is 0 Å². The van der Waals surface area contributed by atoms with Crippen LogP contribution in [0.5, 0.6) is 5.75 Å². The summed E-state index contributed by atoms with van der Waals surface area (Å²) in [7, 11) is 0. The first-order chi connectivity index (χ1) is 12.0. The van der Waals surface area contributed by atoms with E-state index in [1.165, 1.54) is 0 Å². The predicted octanol–water partition coefficient (Wildman–Crippen LogP) is 3.12. The van der Waals surface area contributed by atoms with Gasteiger partial charge in [0.05, 0.1) is 30.0 Å². The molecule has 1 amide bonds.